The SMILES string of the molecule is COC(=O)C1CCC(N(CC2CC2)S(=O)(=O)c2cccc(C(=O)OCc3ccccc3)c2)CC1. The lowest BCUT2D eigenvalue weighted by Gasteiger charge is -2.35. The fourth-order valence-electron chi connectivity index (χ4n) is 4.49. The second-order valence-corrected chi connectivity index (χ2v) is 11.0. The molecule has 0 spiro atoms. The molecule has 0 aromatic heterocycles. The van der Waals surface area contributed by atoms with Gasteiger partial charge < -0.3 is 9.47 Å². The quantitative estimate of drug-likeness (QED) is 0.495. The van der Waals surface area contributed by atoms with Crippen LogP contribution in [-0.4, -0.2) is 44.4 Å². The molecule has 0 bridgehead atoms. The number of esters is 2. The lowest BCUT2D eigenvalue weighted by atomic mass is 9.86. The molecule has 8 heteroatoms. The average molecular weight is 486 g/mol. The van der Waals surface area contributed by atoms with Gasteiger partial charge in [-0.05, 0) is 68.2 Å². The van der Waals surface area contributed by atoms with Crippen molar-refractivity contribution in [3.05, 3.63) is 65.7 Å². The first-order valence-corrected chi connectivity index (χ1v) is 13.2. The highest BCUT2D eigenvalue weighted by atomic mass is 32.2. The number of nitrogens with zero attached hydrogens (tertiary/aromatic N) is 1. The molecule has 34 heavy (non-hydrogen) atoms. The predicted molar refractivity (Wildman–Crippen MR) is 126 cm³/mol. The van der Waals surface area contributed by atoms with Crippen LogP contribution < -0.4 is 0 Å². The molecule has 0 unspecified atom stereocenters. The van der Waals surface area contributed by atoms with Gasteiger partial charge in [-0.1, -0.05) is 36.4 Å². The molecule has 4 rings (SSSR count). The highest BCUT2D eigenvalue weighted by Crippen LogP contribution is 2.37. The van der Waals surface area contributed by atoms with Gasteiger partial charge in [0.25, 0.3) is 0 Å². The Morgan fingerprint density at radius 1 is 0.941 bits per heavy atom. The summed E-state index contributed by atoms with van der Waals surface area (Å²) in [6.45, 7) is 0.590. The zero-order valence-corrected chi connectivity index (χ0v) is 20.2. The zero-order chi connectivity index (χ0) is 24.1. The van der Waals surface area contributed by atoms with Crippen molar-refractivity contribution in [2.45, 2.75) is 56.1 Å². The largest absolute Gasteiger partial charge is 0.469 e. The van der Waals surface area contributed by atoms with Crippen molar-refractivity contribution in [3.63, 3.8) is 0 Å². The fourth-order valence-corrected chi connectivity index (χ4v) is 6.30. The van der Waals surface area contributed by atoms with E-state index in [1.165, 1.54) is 19.2 Å². The monoisotopic (exact) mass is 485 g/mol. The van der Waals surface area contributed by atoms with Crippen molar-refractivity contribution >= 4 is 22.0 Å². The Kier molecular flexibility index (Phi) is 7.68. The molecule has 0 atom stereocenters. The molecule has 0 amide bonds. The smallest absolute Gasteiger partial charge is 0.338 e. The van der Waals surface area contributed by atoms with Crippen LogP contribution in [0.2, 0.25) is 0 Å². The number of carbonyl (C=O) groups excluding carboxylic acids is 2. The van der Waals surface area contributed by atoms with Gasteiger partial charge in [-0.25, -0.2) is 13.2 Å². The van der Waals surface area contributed by atoms with E-state index in [0.717, 1.165) is 18.4 Å². The van der Waals surface area contributed by atoms with Crippen molar-refractivity contribution in [3.8, 4) is 0 Å². The molecule has 2 aliphatic carbocycles. The fraction of sp³-hybridized carbons (Fsp3) is 0.462. The molecular weight excluding hydrogens is 454 g/mol. The van der Waals surface area contributed by atoms with Crippen molar-refractivity contribution in [2.75, 3.05) is 13.7 Å². The summed E-state index contributed by atoms with van der Waals surface area (Å²) in [5.74, 6) is -0.591. The van der Waals surface area contributed by atoms with Crippen LogP contribution in [-0.2, 0) is 30.9 Å². The molecule has 2 aromatic carbocycles. The minimum absolute atomic E-state index is 0.0948. The van der Waals surface area contributed by atoms with E-state index in [2.05, 4.69) is 0 Å². The van der Waals surface area contributed by atoms with Crippen LogP contribution >= 0.6 is 0 Å². The molecule has 7 nitrogen and oxygen atoms in total. The van der Waals surface area contributed by atoms with Gasteiger partial charge in [-0.3, -0.25) is 4.79 Å². The Hall–Kier alpha value is -2.71. The topological polar surface area (TPSA) is 90.0 Å². The van der Waals surface area contributed by atoms with E-state index in [1.807, 2.05) is 30.3 Å². The number of rotatable bonds is 9. The number of ether oxygens (including phenoxy) is 2. The first-order valence-electron chi connectivity index (χ1n) is 11.8. The highest BCUT2D eigenvalue weighted by Gasteiger charge is 2.39. The van der Waals surface area contributed by atoms with E-state index in [1.54, 1.807) is 16.4 Å². The second kappa shape index (κ2) is 10.7. The lowest BCUT2D eigenvalue weighted by molar-refractivity contribution is -0.146. The summed E-state index contributed by atoms with van der Waals surface area (Å²) in [5, 5.41) is 0. The van der Waals surface area contributed by atoms with Gasteiger partial charge in [0, 0.05) is 12.6 Å². The van der Waals surface area contributed by atoms with Crippen molar-refractivity contribution in [1.82, 2.24) is 4.31 Å². The summed E-state index contributed by atoms with van der Waals surface area (Å²) < 4.78 is 39.3. The molecule has 0 heterocycles. The highest BCUT2D eigenvalue weighted by molar-refractivity contribution is 7.89. The second-order valence-electron chi connectivity index (χ2n) is 9.14. The summed E-state index contributed by atoms with van der Waals surface area (Å²) in [7, 11) is -2.43. The third-order valence-electron chi connectivity index (χ3n) is 6.66. The van der Waals surface area contributed by atoms with Crippen LogP contribution in [0.3, 0.4) is 0 Å². The Bertz CT molecular complexity index is 1110. The third kappa shape index (κ3) is 5.85. The molecule has 2 saturated carbocycles. The van der Waals surface area contributed by atoms with E-state index < -0.39 is 16.0 Å². The van der Waals surface area contributed by atoms with E-state index >= 15 is 0 Å². The Morgan fingerprint density at radius 3 is 2.29 bits per heavy atom. The standard InChI is InChI=1S/C26H31NO6S/c1-32-25(28)21-12-14-23(15-13-21)27(17-19-10-11-19)34(30,31)24-9-5-8-22(16-24)26(29)33-18-20-6-3-2-4-7-20/h2-9,16,19,21,23H,10-15,17-18H2,1H3. The number of methoxy groups -OCH3 is 1. The normalized spacial score (nSPS) is 20.6. The molecule has 2 aliphatic rings. The summed E-state index contributed by atoms with van der Waals surface area (Å²) in [6, 6.07) is 15.3. The van der Waals surface area contributed by atoms with E-state index in [4.69, 9.17) is 9.47 Å². The van der Waals surface area contributed by atoms with Crippen molar-refractivity contribution in [2.24, 2.45) is 11.8 Å². The minimum atomic E-state index is -3.81. The van der Waals surface area contributed by atoms with Crippen LogP contribution in [0.25, 0.3) is 0 Å². The molecule has 2 fully saturated rings. The van der Waals surface area contributed by atoms with Crippen LogP contribution in [0.4, 0.5) is 0 Å². The number of carbonyl (C=O) groups is 2. The molecular formula is C26H31NO6S. The summed E-state index contributed by atoms with van der Waals surface area (Å²) >= 11 is 0. The maximum Gasteiger partial charge on any atom is 0.338 e. The number of hydrogen-bond donors (Lipinski definition) is 0. The molecule has 182 valence electrons. The van der Waals surface area contributed by atoms with Crippen LogP contribution in [0.15, 0.2) is 59.5 Å². The van der Waals surface area contributed by atoms with E-state index in [9.17, 15) is 18.0 Å². The molecule has 0 radical (unpaired) electrons. The molecule has 0 N–H and O–H groups in total. The van der Waals surface area contributed by atoms with Crippen molar-refractivity contribution < 1.29 is 27.5 Å². The Balaban J connectivity index is 1.49. The molecule has 0 aliphatic heterocycles. The third-order valence-corrected chi connectivity index (χ3v) is 8.58. The first kappa shape index (κ1) is 24.4. The number of sulfonamides is 1. The lowest BCUT2D eigenvalue weighted by Crippen LogP contribution is -2.44. The zero-order valence-electron chi connectivity index (χ0n) is 19.4. The number of benzene rings is 2. The summed E-state index contributed by atoms with van der Waals surface area (Å²) in [6.07, 6.45) is 4.50. The van der Waals surface area contributed by atoms with Gasteiger partial charge in [-0.15, -0.1) is 0 Å². The van der Waals surface area contributed by atoms with Crippen molar-refractivity contribution in [1.29, 1.82) is 0 Å². The van der Waals surface area contributed by atoms with Gasteiger partial charge >= 0.3 is 11.9 Å². The average Bonchev–Trinajstić information content (AvgIpc) is 3.70. The van der Waals surface area contributed by atoms with Gasteiger partial charge in [-0.2, -0.15) is 4.31 Å². The maximum absolute atomic E-state index is 13.7. The van der Waals surface area contributed by atoms with Gasteiger partial charge in [0.15, 0.2) is 0 Å². The minimum Gasteiger partial charge on any atom is -0.469 e. The Labute approximate surface area is 201 Å². The molecule has 0 saturated heterocycles. The van der Waals surface area contributed by atoms with Gasteiger partial charge in [0.05, 0.1) is 23.5 Å². The van der Waals surface area contributed by atoms with Gasteiger partial charge in [0.1, 0.15) is 6.61 Å². The van der Waals surface area contributed by atoms with E-state index in [0.29, 0.717) is 38.1 Å². The van der Waals surface area contributed by atoms with Crippen LogP contribution in [0, 0.1) is 11.8 Å². The first-order chi connectivity index (χ1) is 16.4. The number of hydrogen-bond acceptors (Lipinski definition) is 6. The van der Waals surface area contributed by atoms with Crippen LogP contribution in [0.1, 0.15) is 54.4 Å². The summed E-state index contributed by atoms with van der Waals surface area (Å²) in [4.78, 5) is 24.6. The van der Waals surface area contributed by atoms with Gasteiger partial charge in [0.2, 0.25) is 10.0 Å². The Morgan fingerprint density at radius 2 is 1.65 bits per heavy atom. The predicted octanol–water partition coefficient (Wildman–Crippen LogP) is 4.18. The van der Waals surface area contributed by atoms with E-state index in [-0.39, 0.29) is 35.0 Å². The van der Waals surface area contributed by atoms with Crippen LogP contribution in [0.5, 0.6) is 0 Å². The maximum atomic E-state index is 13.7. The summed E-state index contributed by atoms with van der Waals surface area (Å²) in [5.41, 5.74) is 1.07. The molecule has 2 aromatic rings.